The molecule has 0 aliphatic rings. The first kappa shape index (κ1) is 30.9. The van der Waals surface area contributed by atoms with Crippen LogP contribution in [-0.2, 0) is 0 Å². The predicted molar refractivity (Wildman–Crippen MR) is 238 cm³/mol. The van der Waals surface area contributed by atoms with Gasteiger partial charge in [0.1, 0.15) is 22.3 Å². The van der Waals surface area contributed by atoms with E-state index in [4.69, 9.17) is 8.83 Å². The third-order valence-electron chi connectivity index (χ3n) is 11.7. The molecule has 0 aliphatic heterocycles. The SMILES string of the molecule is c1ccc(-n2c3ccccc3c3oc4c(-c5ccc6c(c5)oc5cc(-c7ccc8c(c7)sc7c9ccccc9n(-c9ccccc9)c87)ccc56)cccc4c32)cc1. The number of nitrogens with zero attached hydrogens (tertiary/aromatic N) is 2. The molecule has 4 nitrogen and oxygen atoms in total. The van der Waals surface area contributed by atoms with E-state index in [1.54, 1.807) is 0 Å². The van der Waals surface area contributed by atoms with Gasteiger partial charge in [0.15, 0.2) is 5.58 Å². The maximum atomic E-state index is 6.83. The Labute approximate surface area is 329 Å². The molecule has 0 unspecified atom stereocenters. The Morgan fingerprint density at radius 1 is 0.368 bits per heavy atom. The molecule has 0 N–H and O–H groups in total. The van der Waals surface area contributed by atoms with Crippen molar-refractivity contribution < 1.29 is 8.83 Å². The topological polar surface area (TPSA) is 36.1 Å². The zero-order chi connectivity index (χ0) is 37.2. The highest BCUT2D eigenvalue weighted by atomic mass is 32.1. The standard InChI is InChI=1S/C52H30N2O2S/c1-3-12-34(13-4-1)53-43-20-9-7-16-39(43)51-48(53)42-19-11-18-36(50(42)56-51)33-24-26-38-37-25-22-31(28-45(37)55-46(38)29-33)32-23-27-41-47(30-32)57-52-40-17-8-10-21-44(40)54(49(41)52)35-14-5-2-6-15-35/h1-30H. The van der Waals surface area contributed by atoms with Crippen LogP contribution in [0.5, 0.6) is 0 Å². The lowest BCUT2D eigenvalue weighted by atomic mass is 10.0. The quantitative estimate of drug-likeness (QED) is 0.180. The lowest BCUT2D eigenvalue weighted by Crippen LogP contribution is -1.92. The third-order valence-corrected chi connectivity index (χ3v) is 12.9. The molecule has 57 heavy (non-hydrogen) atoms. The fourth-order valence-corrected chi connectivity index (χ4v) is 10.4. The number of para-hydroxylation sites is 5. The molecular weight excluding hydrogens is 717 g/mol. The summed E-state index contributed by atoms with van der Waals surface area (Å²) in [5, 5.41) is 6.95. The first-order valence-corrected chi connectivity index (χ1v) is 20.1. The lowest BCUT2D eigenvalue weighted by molar-refractivity contribution is 0.669. The minimum atomic E-state index is 0.858. The van der Waals surface area contributed by atoms with Crippen LogP contribution in [0.3, 0.4) is 0 Å². The number of aromatic nitrogens is 2. The van der Waals surface area contributed by atoms with Gasteiger partial charge in [0, 0.05) is 54.0 Å². The van der Waals surface area contributed by atoms with Gasteiger partial charge in [-0.05, 0) is 95.6 Å². The zero-order valence-corrected chi connectivity index (χ0v) is 31.3. The van der Waals surface area contributed by atoms with Crippen molar-refractivity contribution in [3.63, 3.8) is 0 Å². The van der Waals surface area contributed by atoms with Crippen LogP contribution in [0, 0.1) is 0 Å². The van der Waals surface area contributed by atoms with E-state index in [0.717, 1.165) is 77.3 Å². The van der Waals surface area contributed by atoms with Crippen molar-refractivity contribution in [2.45, 2.75) is 0 Å². The third kappa shape index (κ3) is 4.37. The largest absolute Gasteiger partial charge is 0.456 e. The van der Waals surface area contributed by atoms with Crippen LogP contribution in [0.25, 0.3) is 120 Å². The van der Waals surface area contributed by atoms with E-state index in [-0.39, 0.29) is 0 Å². The first-order valence-electron chi connectivity index (χ1n) is 19.3. The number of thiophene rings is 1. The highest BCUT2D eigenvalue weighted by Gasteiger charge is 2.22. The molecule has 0 fully saturated rings. The van der Waals surface area contributed by atoms with Crippen LogP contribution < -0.4 is 0 Å². The Balaban J connectivity index is 0.925. The Morgan fingerprint density at radius 3 is 1.67 bits per heavy atom. The van der Waals surface area contributed by atoms with Gasteiger partial charge in [-0.1, -0.05) is 103 Å². The van der Waals surface area contributed by atoms with Crippen LogP contribution in [0.15, 0.2) is 191 Å². The van der Waals surface area contributed by atoms with Gasteiger partial charge in [-0.15, -0.1) is 11.3 Å². The summed E-state index contributed by atoms with van der Waals surface area (Å²) in [5.74, 6) is 0. The molecule has 0 radical (unpaired) electrons. The molecule has 13 rings (SSSR count). The van der Waals surface area contributed by atoms with Crippen LogP contribution in [0.1, 0.15) is 0 Å². The second-order valence-electron chi connectivity index (χ2n) is 14.9. The number of rotatable bonds is 4. The molecular formula is C52H30N2O2S. The Morgan fingerprint density at radius 2 is 0.930 bits per heavy atom. The summed E-state index contributed by atoms with van der Waals surface area (Å²) in [6, 6.07) is 64.9. The molecule has 0 aliphatic carbocycles. The average molecular weight is 747 g/mol. The van der Waals surface area contributed by atoms with Gasteiger partial charge in [-0.2, -0.15) is 0 Å². The molecule has 0 amide bonds. The second kappa shape index (κ2) is 11.6. The van der Waals surface area contributed by atoms with Crippen molar-refractivity contribution in [1.82, 2.24) is 9.13 Å². The van der Waals surface area contributed by atoms with Gasteiger partial charge >= 0.3 is 0 Å². The fourth-order valence-electron chi connectivity index (χ4n) is 9.18. The van der Waals surface area contributed by atoms with Gasteiger partial charge < -0.3 is 18.0 Å². The van der Waals surface area contributed by atoms with Gasteiger partial charge in [0.2, 0.25) is 0 Å². The summed E-state index contributed by atoms with van der Waals surface area (Å²) in [5.41, 5.74) is 14.9. The van der Waals surface area contributed by atoms with Crippen LogP contribution in [0.2, 0.25) is 0 Å². The van der Waals surface area contributed by atoms with Gasteiger partial charge in [-0.25, -0.2) is 0 Å². The average Bonchev–Trinajstić information content (AvgIpc) is 4.07. The van der Waals surface area contributed by atoms with Crippen molar-refractivity contribution in [3.8, 4) is 33.6 Å². The minimum absolute atomic E-state index is 0.858. The molecule has 0 spiro atoms. The van der Waals surface area contributed by atoms with Crippen molar-refractivity contribution >= 4 is 97.5 Å². The van der Waals surface area contributed by atoms with Crippen molar-refractivity contribution in [3.05, 3.63) is 182 Å². The van der Waals surface area contributed by atoms with E-state index < -0.39 is 0 Å². The first-order chi connectivity index (χ1) is 28.3. The van der Waals surface area contributed by atoms with Crippen LogP contribution in [0.4, 0.5) is 0 Å². The summed E-state index contributed by atoms with van der Waals surface area (Å²) >= 11 is 1.87. The highest BCUT2D eigenvalue weighted by Crippen LogP contribution is 2.45. The molecule has 5 aromatic heterocycles. The second-order valence-corrected chi connectivity index (χ2v) is 15.9. The number of hydrogen-bond acceptors (Lipinski definition) is 3. The summed E-state index contributed by atoms with van der Waals surface area (Å²) < 4.78 is 20.8. The maximum Gasteiger partial charge on any atom is 0.161 e. The summed E-state index contributed by atoms with van der Waals surface area (Å²) in [6.45, 7) is 0. The van der Waals surface area contributed by atoms with E-state index in [2.05, 4.69) is 191 Å². The molecule has 0 saturated carbocycles. The zero-order valence-electron chi connectivity index (χ0n) is 30.4. The van der Waals surface area contributed by atoms with Crippen LogP contribution >= 0.6 is 11.3 Å². The van der Waals surface area contributed by atoms with E-state index in [1.807, 2.05) is 11.3 Å². The Hall–Kier alpha value is -7.34. The minimum Gasteiger partial charge on any atom is -0.456 e. The summed E-state index contributed by atoms with van der Waals surface area (Å²) in [4.78, 5) is 0. The van der Waals surface area contributed by atoms with E-state index in [0.29, 0.717) is 0 Å². The number of furan rings is 2. The molecule has 5 heterocycles. The maximum absolute atomic E-state index is 6.83. The van der Waals surface area contributed by atoms with Gasteiger partial charge in [0.05, 0.1) is 21.3 Å². The molecule has 8 aromatic carbocycles. The highest BCUT2D eigenvalue weighted by molar-refractivity contribution is 7.26. The summed E-state index contributed by atoms with van der Waals surface area (Å²) in [7, 11) is 0. The predicted octanol–water partition coefficient (Wildman–Crippen LogP) is 15.1. The molecule has 5 heteroatoms. The molecule has 13 aromatic rings. The molecule has 266 valence electrons. The van der Waals surface area contributed by atoms with E-state index in [9.17, 15) is 0 Å². The van der Waals surface area contributed by atoms with E-state index >= 15 is 0 Å². The monoisotopic (exact) mass is 746 g/mol. The van der Waals surface area contributed by atoms with Crippen molar-refractivity contribution in [2.75, 3.05) is 0 Å². The lowest BCUT2D eigenvalue weighted by Gasteiger charge is -2.08. The molecule has 0 saturated heterocycles. The number of fused-ring (bicyclic) bond motifs is 13. The summed E-state index contributed by atoms with van der Waals surface area (Å²) in [6.07, 6.45) is 0. The molecule has 0 bridgehead atoms. The normalized spacial score (nSPS) is 12.2. The van der Waals surface area contributed by atoms with Crippen molar-refractivity contribution in [2.24, 2.45) is 0 Å². The number of benzene rings is 8. The van der Waals surface area contributed by atoms with Gasteiger partial charge in [0.25, 0.3) is 0 Å². The number of hydrogen-bond donors (Lipinski definition) is 0. The van der Waals surface area contributed by atoms with Gasteiger partial charge in [-0.3, -0.25) is 0 Å². The Bertz CT molecular complexity index is 3750. The Kier molecular flexibility index (Phi) is 6.29. The molecule has 0 atom stereocenters. The fraction of sp³-hybridized carbons (Fsp3) is 0. The van der Waals surface area contributed by atoms with Crippen LogP contribution in [-0.4, -0.2) is 9.13 Å². The van der Waals surface area contributed by atoms with Crippen molar-refractivity contribution in [1.29, 1.82) is 0 Å². The van der Waals surface area contributed by atoms with E-state index in [1.165, 1.54) is 42.5 Å². The smallest absolute Gasteiger partial charge is 0.161 e.